The Morgan fingerprint density at radius 3 is 1.94 bits per heavy atom. The maximum Gasteiger partial charge on any atom is 0.474 e. The van der Waals surface area contributed by atoms with Crippen LogP contribution in [0.1, 0.15) is 19.3 Å². The Balaban J connectivity index is 2.57. The SMILES string of the molecule is O=P1(OCC(F)(F)C(F)(F)F)OCCCCCO1. The van der Waals surface area contributed by atoms with Gasteiger partial charge in [-0.05, 0) is 19.3 Å². The zero-order valence-corrected chi connectivity index (χ0v) is 10.1. The van der Waals surface area contributed by atoms with Crippen molar-refractivity contribution in [3.8, 4) is 0 Å². The smallest absolute Gasteiger partial charge is 0.287 e. The minimum atomic E-state index is -5.77. The predicted molar refractivity (Wildman–Crippen MR) is 50.3 cm³/mol. The number of alkyl halides is 5. The number of phosphoric ester groups is 1. The van der Waals surface area contributed by atoms with E-state index in [9.17, 15) is 26.5 Å². The Labute approximate surface area is 100 Å². The minimum absolute atomic E-state index is 0.0745. The van der Waals surface area contributed by atoms with Crippen LogP contribution in [-0.2, 0) is 18.1 Å². The van der Waals surface area contributed by atoms with Crippen molar-refractivity contribution in [1.82, 2.24) is 0 Å². The van der Waals surface area contributed by atoms with Crippen molar-refractivity contribution in [2.45, 2.75) is 31.4 Å². The number of hydrogen-bond acceptors (Lipinski definition) is 4. The van der Waals surface area contributed by atoms with Gasteiger partial charge in [0.2, 0.25) is 0 Å². The van der Waals surface area contributed by atoms with E-state index in [1.165, 1.54) is 0 Å². The summed E-state index contributed by atoms with van der Waals surface area (Å²) in [4.78, 5) is 0. The van der Waals surface area contributed by atoms with Gasteiger partial charge in [0, 0.05) is 0 Å². The molecule has 0 bridgehead atoms. The molecule has 0 unspecified atom stereocenters. The number of rotatable bonds is 3. The van der Waals surface area contributed by atoms with Gasteiger partial charge in [-0.2, -0.15) is 22.0 Å². The van der Waals surface area contributed by atoms with E-state index in [2.05, 4.69) is 13.6 Å². The van der Waals surface area contributed by atoms with E-state index in [4.69, 9.17) is 0 Å². The van der Waals surface area contributed by atoms with E-state index in [-0.39, 0.29) is 13.2 Å². The lowest BCUT2D eigenvalue weighted by Gasteiger charge is -2.24. The molecular formula is C8H12F5O4P. The van der Waals surface area contributed by atoms with Crippen LogP contribution in [0, 0.1) is 0 Å². The molecule has 0 spiro atoms. The van der Waals surface area contributed by atoms with Crippen LogP contribution in [0.2, 0.25) is 0 Å². The first-order chi connectivity index (χ1) is 8.16. The second-order valence-electron chi connectivity index (χ2n) is 3.65. The largest absolute Gasteiger partial charge is 0.474 e. The fourth-order valence-electron chi connectivity index (χ4n) is 1.09. The Morgan fingerprint density at radius 1 is 1.00 bits per heavy atom. The molecule has 0 N–H and O–H groups in total. The molecule has 0 radical (unpaired) electrons. The van der Waals surface area contributed by atoms with E-state index in [1.54, 1.807) is 0 Å². The fraction of sp³-hybridized carbons (Fsp3) is 1.00. The predicted octanol–water partition coefficient (Wildman–Crippen LogP) is 3.53. The molecule has 0 saturated carbocycles. The molecule has 1 heterocycles. The summed E-state index contributed by atoms with van der Waals surface area (Å²) >= 11 is 0. The van der Waals surface area contributed by atoms with Gasteiger partial charge in [-0.25, -0.2) is 4.57 Å². The third kappa shape index (κ3) is 4.46. The molecule has 1 aliphatic heterocycles. The van der Waals surface area contributed by atoms with Crippen molar-refractivity contribution >= 4 is 7.82 Å². The van der Waals surface area contributed by atoms with Crippen molar-refractivity contribution in [2.75, 3.05) is 19.8 Å². The molecule has 4 nitrogen and oxygen atoms in total. The molecule has 0 aromatic heterocycles. The average molecular weight is 298 g/mol. The van der Waals surface area contributed by atoms with Gasteiger partial charge in [-0.1, -0.05) is 0 Å². The van der Waals surface area contributed by atoms with Crippen molar-refractivity contribution in [1.29, 1.82) is 0 Å². The van der Waals surface area contributed by atoms with Gasteiger partial charge >= 0.3 is 19.9 Å². The highest BCUT2D eigenvalue weighted by atomic mass is 31.2. The summed E-state index contributed by atoms with van der Waals surface area (Å²) < 4.78 is 85.5. The molecule has 1 rings (SSSR count). The number of phosphoric acid groups is 1. The summed E-state index contributed by atoms with van der Waals surface area (Å²) in [5.41, 5.74) is 0. The van der Waals surface area contributed by atoms with Crippen LogP contribution in [0.4, 0.5) is 22.0 Å². The molecule has 0 atom stereocenters. The summed E-state index contributed by atoms with van der Waals surface area (Å²) in [5, 5.41) is 0. The lowest BCUT2D eigenvalue weighted by molar-refractivity contribution is -0.291. The number of halogens is 5. The quantitative estimate of drug-likeness (QED) is 0.590. The summed E-state index contributed by atoms with van der Waals surface area (Å²) in [5.74, 6) is -5.10. The van der Waals surface area contributed by atoms with E-state index < -0.39 is 26.5 Å². The lowest BCUT2D eigenvalue weighted by Crippen LogP contribution is -2.40. The Bertz CT molecular complexity index is 307. The highest BCUT2D eigenvalue weighted by Gasteiger charge is 2.58. The van der Waals surface area contributed by atoms with E-state index >= 15 is 0 Å². The maximum atomic E-state index is 12.6. The van der Waals surface area contributed by atoms with Gasteiger partial charge in [0.25, 0.3) is 0 Å². The topological polar surface area (TPSA) is 44.8 Å². The Morgan fingerprint density at radius 2 is 1.50 bits per heavy atom. The summed E-state index contributed by atoms with van der Waals surface area (Å²) in [6, 6.07) is 0. The average Bonchev–Trinajstić information content (AvgIpc) is 2.20. The highest BCUT2D eigenvalue weighted by molar-refractivity contribution is 7.48. The maximum absolute atomic E-state index is 12.6. The first kappa shape index (κ1) is 15.8. The summed E-state index contributed by atoms with van der Waals surface area (Å²) in [6.45, 7) is -2.24. The van der Waals surface area contributed by atoms with Gasteiger partial charge < -0.3 is 0 Å². The lowest BCUT2D eigenvalue weighted by atomic mass is 10.2. The van der Waals surface area contributed by atoms with E-state index in [0.29, 0.717) is 12.8 Å². The molecule has 0 aromatic carbocycles. The molecule has 1 saturated heterocycles. The van der Waals surface area contributed by atoms with Crippen LogP contribution in [0.5, 0.6) is 0 Å². The van der Waals surface area contributed by atoms with Crippen molar-refractivity contribution in [3.05, 3.63) is 0 Å². The van der Waals surface area contributed by atoms with Gasteiger partial charge in [-0.3, -0.25) is 13.6 Å². The van der Waals surface area contributed by atoms with Crippen molar-refractivity contribution in [2.24, 2.45) is 0 Å². The molecule has 1 aliphatic rings. The van der Waals surface area contributed by atoms with E-state index in [1.807, 2.05) is 0 Å². The number of hydrogen-bond donors (Lipinski definition) is 0. The normalized spacial score (nSPS) is 22.3. The van der Waals surface area contributed by atoms with Crippen LogP contribution >= 0.6 is 7.82 Å². The van der Waals surface area contributed by atoms with Crippen LogP contribution in [-0.4, -0.2) is 31.9 Å². The van der Waals surface area contributed by atoms with Crippen LogP contribution < -0.4 is 0 Å². The summed E-state index contributed by atoms with van der Waals surface area (Å²) in [6.07, 6.45) is -4.04. The van der Waals surface area contributed by atoms with Gasteiger partial charge in [0.05, 0.1) is 13.2 Å². The van der Waals surface area contributed by atoms with Crippen LogP contribution in [0.3, 0.4) is 0 Å². The molecule has 18 heavy (non-hydrogen) atoms. The second-order valence-corrected chi connectivity index (χ2v) is 5.32. The fourth-order valence-corrected chi connectivity index (χ4v) is 2.34. The molecule has 1 fully saturated rings. The molecule has 0 amide bonds. The highest BCUT2D eigenvalue weighted by Crippen LogP contribution is 2.52. The molecule has 0 aromatic rings. The Kier molecular flexibility index (Phi) is 5.11. The summed E-state index contributed by atoms with van der Waals surface area (Å²) in [7, 11) is -4.33. The molecule has 108 valence electrons. The minimum Gasteiger partial charge on any atom is -0.287 e. The van der Waals surface area contributed by atoms with Gasteiger partial charge in [0.15, 0.2) is 0 Å². The third-order valence-electron chi connectivity index (χ3n) is 2.11. The second kappa shape index (κ2) is 5.81. The van der Waals surface area contributed by atoms with Gasteiger partial charge in [0.1, 0.15) is 6.61 Å². The Hall–Kier alpha value is -0.240. The monoisotopic (exact) mass is 298 g/mol. The molecular weight excluding hydrogens is 286 g/mol. The third-order valence-corrected chi connectivity index (χ3v) is 3.55. The first-order valence-electron chi connectivity index (χ1n) is 5.14. The van der Waals surface area contributed by atoms with E-state index in [0.717, 1.165) is 6.42 Å². The van der Waals surface area contributed by atoms with Crippen molar-refractivity contribution in [3.63, 3.8) is 0 Å². The first-order valence-corrected chi connectivity index (χ1v) is 6.61. The standard InChI is InChI=1S/C8H12F5O4P/c9-7(10,8(11,12)13)6-17-18(14)15-4-2-1-3-5-16-18/h1-6H2. The molecule has 0 aliphatic carbocycles. The zero-order valence-electron chi connectivity index (χ0n) is 9.21. The van der Waals surface area contributed by atoms with Gasteiger partial charge in [-0.15, -0.1) is 0 Å². The van der Waals surface area contributed by atoms with Crippen molar-refractivity contribution < 1.29 is 40.1 Å². The molecule has 10 heteroatoms. The van der Waals surface area contributed by atoms with Crippen LogP contribution in [0.25, 0.3) is 0 Å². The van der Waals surface area contributed by atoms with Crippen LogP contribution in [0.15, 0.2) is 0 Å². The zero-order chi connectivity index (χ0) is 13.9.